The highest BCUT2D eigenvalue weighted by Crippen LogP contribution is 2.39. The summed E-state index contributed by atoms with van der Waals surface area (Å²) in [6.45, 7) is 2.33. The van der Waals surface area contributed by atoms with E-state index in [9.17, 15) is 31.9 Å². The van der Waals surface area contributed by atoms with Gasteiger partial charge >= 0.3 is 0 Å². The lowest BCUT2D eigenvalue weighted by atomic mass is 10.0. The largest absolute Gasteiger partial charge is 0.471 e. The van der Waals surface area contributed by atoms with Crippen LogP contribution in [0.4, 0.5) is 20.2 Å². The molecule has 4 rings (SSSR count). The normalized spacial score (nSPS) is 13.5. The van der Waals surface area contributed by atoms with Crippen LogP contribution >= 0.6 is 11.6 Å². The molecule has 0 fully saturated rings. The standard InChI is InChI=1S/C25H25ClF2N4O6S/c1-25(2,35)10-21(33)31-14-32(39(3,36)37)20-8-15(4-7-19(20)31)11-30-13-29-23(22(26)24(30)34)38-12-16-5-6-17(27)9-18(16)28/h4-9,13,35H,10-12,14H2,1-3H3. The summed E-state index contributed by atoms with van der Waals surface area (Å²) in [5.41, 5.74) is -0.801. The zero-order valence-corrected chi connectivity index (χ0v) is 22.8. The zero-order valence-electron chi connectivity index (χ0n) is 21.2. The van der Waals surface area contributed by atoms with Crippen molar-refractivity contribution in [1.82, 2.24) is 9.55 Å². The highest BCUT2D eigenvalue weighted by Gasteiger charge is 2.36. The lowest BCUT2D eigenvalue weighted by Crippen LogP contribution is -2.40. The highest BCUT2D eigenvalue weighted by atomic mass is 35.5. The molecule has 1 amide bonds. The molecule has 1 aliphatic rings. The molecule has 0 radical (unpaired) electrons. The molecule has 0 atom stereocenters. The van der Waals surface area contributed by atoms with Crippen LogP contribution in [0, 0.1) is 11.6 Å². The van der Waals surface area contributed by atoms with Gasteiger partial charge in [0.15, 0.2) is 5.02 Å². The number of sulfonamides is 1. The summed E-state index contributed by atoms with van der Waals surface area (Å²) in [5, 5.41) is 9.69. The van der Waals surface area contributed by atoms with Gasteiger partial charge in [-0.25, -0.2) is 26.5 Å². The van der Waals surface area contributed by atoms with Gasteiger partial charge in [0.05, 0.1) is 36.2 Å². The second kappa shape index (κ2) is 10.5. The van der Waals surface area contributed by atoms with Crippen LogP contribution in [0.1, 0.15) is 31.4 Å². The Morgan fingerprint density at radius 3 is 2.54 bits per heavy atom. The summed E-state index contributed by atoms with van der Waals surface area (Å²) in [7, 11) is -3.76. The molecule has 14 heteroatoms. The van der Waals surface area contributed by atoms with E-state index in [-0.39, 0.29) is 48.4 Å². The number of amides is 1. The average molecular weight is 583 g/mol. The average Bonchev–Trinajstić information content (AvgIpc) is 3.21. The first-order chi connectivity index (χ1) is 18.1. The number of aromatic nitrogens is 2. The van der Waals surface area contributed by atoms with Crippen molar-refractivity contribution in [3.8, 4) is 5.88 Å². The number of benzene rings is 2. The summed E-state index contributed by atoms with van der Waals surface area (Å²) in [6, 6.07) is 7.70. The fourth-order valence-corrected chi connectivity index (χ4v) is 5.02. The van der Waals surface area contributed by atoms with E-state index in [1.165, 1.54) is 41.8 Å². The third-order valence-corrected chi connectivity index (χ3v) is 7.27. The van der Waals surface area contributed by atoms with Crippen molar-refractivity contribution in [3.63, 3.8) is 0 Å². The van der Waals surface area contributed by atoms with Crippen LogP contribution in [0.3, 0.4) is 0 Å². The molecule has 1 N–H and O–H groups in total. The molecule has 0 spiro atoms. The molecule has 0 bridgehead atoms. The minimum absolute atomic E-state index is 0.0408. The summed E-state index contributed by atoms with van der Waals surface area (Å²) in [4.78, 5) is 30.9. The quantitative estimate of drug-likeness (QED) is 0.433. The molecular weight excluding hydrogens is 558 g/mol. The van der Waals surface area contributed by atoms with Gasteiger partial charge in [-0.05, 0) is 43.7 Å². The lowest BCUT2D eigenvalue weighted by molar-refractivity contribution is -0.122. The van der Waals surface area contributed by atoms with Gasteiger partial charge in [-0.15, -0.1) is 0 Å². The second-order valence-corrected chi connectivity index (χ2v) is 12.0. The Hall–Kier alpha value is -3.55. The fraction of sp³-hybridized carbons (Fsp3) is 0.320. The van der Waals surface area contributed by atoms with Crippen molar-refractivity contribution in [3.05, 3.63) is 80.9 Å². The molecule has 10 nitrogen and oxygen atoms in total. The first-order valence-corrected chi connectivity index (χ1v) is 13.8. The maximum atomic E-state index is 13.9. The van der Waals surface area contributed by atoms with Crippen molar-refractivity contribution >= 4 is 38.9 Å². The van der Waals surface area contributed by atoms with Gasteiger partial charge < -0.3 is 9.84 Å². The van der Waals surface area contributed by atoms with Crippen LogP contribution in [0.5, 0.6) is 5.88 Å². The van der Waals surface area contributed by atoms with Crippen LogP contribution in [0.25, 0.3) is 0 Å². The summed E-state index contributed by atoms with van der Waals surface area (Å²) >= 11 is 6.15. The number of rotatable bonds is 8. The maximum absolute atomic E-state index is 13.9. The molecule has 208 valence electrons. The Labute approximate surface area is 228 Å². The zero-order chi connectivity index (χ0) is 28.7. The van der Waals surface area contributed by atoms with Crippen LogP contribution in [-0.4, -0.2) is 47.5 Å². The molecule has 0 aliphatic carbocycles. The monoisotopic (exact) mass is 582 g/mol. The number of fused-ring (bicyclic) bond motifs is 1. The summed E-state index contributed by atoms with van der Waals surface area (Å²) in [6.07, 6.45) is 1.97. The van der Waals surface area contributed by atoms with E-state index in [0.29, 0.717) is 17.3 Å². The van der Waals surface area contributed by atoms with E-state index in [0.717, 1.165) is 16.6 Å². The summed E-state index contributed by atoms with van der Waals surface area (Å²) < 4.78 is 59.5. The number of hydrogen-bond acceptors (Lipinski definition) is 7. The number of ether oxygens (including phenoxy) is 1. The molecular formula is C25H25ClF2N4O6S. The third kappa shape index (κ3) is 6.37. The molecule has 0 saturated carbocycles. The molecule has 1 aliphatic heterocycles. The van der Waals surface area contributed by atoms with E-state index < -0.39 is 38.7 Å². The number of aliphatic hydroxyl groups is 1. The first kappa shape index (κ1) is 28.5. The van der Waals surface area contributed by atoms with E-state index in [2.05, 4.69) is 4.98 Å². The number of carbonyl (C=O) groups excluding carboxylic acids is 1. The lowest BCUT2D eigenvalue weighted by Gasteiger charge is -2.22. The second-order valence-electron chi connectivity index (χ2n) is 9.71. The van der Waals surface area contributed by atoms with Crippen LogP contribution in [0.15, 0.2) is 47.5 Å². The predicted octanol–water partition coefficient (Wildman–Crippen LogP) is 3.03. The number of anilines is 2. The molecule has 1 aromatic heterocycles. The molecule has 0 saturated heterocycles. The molecule has 39 heavy (non-hydrogen) atoms. The van der Waals surface area contributed by atoms with Crippen LogP contribution < -0.4 is 19.5 Å². The van der Waals surface area contributed by atoms with E-state index in [4.69, 9.17) is 16.3 Å². The van der Waals surface area contributed by atoms with Gasteiger partial charge in [0.25, 0.3) is 5.56 Å². The molecule has 3 aromatic rings. The van der Waals surface area contributed by atoms with Crippen molar-refractivity contribution in [2.24, 2.45) is 0 Å². The van der Waals surface area contributed by atoms with Gasteiger partial charge in [0.1, 0.15) is 31.2 Å². The number of nitrogens with zero attached hydrogens (tertiary/aromatic N) is 4. The smallest absolute Gasteiger partial charge is 0.276 e. The van der Waals surface area contributed by atoms with Gasteiger partial charge in [0.2, 0.25) is 21.8 Å². The Morgan fingerprint density at radius 2 is 1.90 bits per heavy atom. The Bertz CT molecular complexity index is 1610. The van der Waals surface area contributed by atoms with E-state index in [1.807, 2.05) is 0 Å². The van der Waals surface area contributed by atoms with Crippen molar-refractivity contribution in [2.75, 3.05) is 22.1 Å². The van der Waals surface area contributed by atoms with Crippen LogP contribution in [-0.2, 0) is 28.0 Å². The summed E-state index contributed by atoms with van der Waals surface area (Å²) in [5.74, 6) is -2.25. The van der Waals surface area contributed by atoms with Gasteiger partial charge in [-0.1, -0.05) is 17.7 Å². The fourth-order valence-electron chi connectivity index (χ4n) is 3.98. The molecule has 0 unspecified atom stereocenters. The van der Waals surface area contributed by atoms with Crippen molar-refractivity contribution in [1.29, 1.82) is 0 Å². The SMILES string of the molecule is CC(C)(O)CC(=O)N1CN(S(C)(=O)=O)c2cc(Cn3cnc(OCc4ccc(F)cc4F)c(Cl)c3=O)ccc21. The van der Waals surface area contributed by atoms with Gasteiger partial charge in [-0.2, -0.15) is 0 Å². The van der Waals surface area contributed by atoms with Crippen LogP contribution in [0.2, 0.25) is 5.02 Å². The highest BCUT2D eigenvalue weighted by molar-refractivity contribution is 7.92. The molecule has 2 aromatic carbocycles. The minimum Gasteiger partial charge on any atom is -0.471 e. The Morgan fingerprint density at radius 1 is 1.18 bits per heavy atom. The van der Waals surface area contributed by atoms with E-state index in [1.54, 1.807) is 12.1 Å². The predicted molar refractivity (Wildman–Crippen MR) is 140 cm³/mol. The Kier molecular flexibility index (Phi) is 7.70. The maximum Gasteiger partial charge on any atom is 0.276 e. The first-order valence-electron chi connectivity index (χ1n) is 11.6. The number of halogens is 3. The molecule has 2 heterocycles. The number of hydrogen-bond donors (Lipinski definition) is 1. The van der Waals surface area contributed by atoms with E-state index >= 15 is 0 Å². The third-order valence-electron chi connectivity index (χ3n) is 5.84. The van der Waals surface area contributed by atoms with Crippen molar-refractivity contribution in [2.45, 2.75) is 39.0 Å². The number of carbonyl (C=O) groups is 1. The van der Waals surface area contributed by atoms with Crippen molar-refractivity contribution < 1.29 is 31.8 Å². The van der Waals surface area contributed by atoms with Gasteiger partial charge in [-0.3, -0.25) is 19.1 Å². The Balaban J connectivity index is 1.58. The van der Waals surface area contributed by atoms with Gasteiger partial charge in [0, 0.05) is 11.6 Å². The topological polar surface area (TPSA) is 122 Å². The minimum atomic E-state index is -3.76.